The van der Waals surface area contributed by atoms with Gasteiger partial charge in [0.1, 0.15) is 0 Å². The van der Waals surface area contributed by atoms with E-state index in [0.29, 0.717) is 5.92 Å². The maximum atomic E-state index is 3.52. The van der Waals surface area contributed by atoms with Crippen molar-refractivity contribution in [2.75, 3.05) is 0 Å². The van der Waals surface area contributed by atoms with Gasteiger partial charge in [-0.25, -0.2) is 0 Å². The molecule has 0 fully saturated rings. The normalized spacial score (nSPS) is 8.57. The molecule has 0 heterocycles. The predicted molar refractivity (Wildman–Crippen MR) is 33.2 cm³/mol. The van der Waals surface area contributed by atoms with Crippen LogP contribution in [0.1, 0.15) is 20.8 Å². The van der Waals surface area contributed by atoms with Crippen LogP contribution in [0.3, 0.4) is 0 Å². The molecule has 0 unspecified atom stereocenters. The van der Waals surface area contributed by atoms with Crippen LogP contribution >= 0.6 is 0 Å². The molecular weight excluding hydrogens is 84.1 g/mol. The molecule has 0 spiro atoms. The summed E-state index contributed by atoms with van der Waals surface area (Å²) in [5.41, 5.74) is 4.07. The summed E-state index contributed by atoms with van der Waals surface area (Å²) in [4.78, 5) is 0. The van der Waals surface area contributed by atoms with Crippen molar-refractivity contribution in [3.63, 3.8) is 0 Å². The third-order valence-corrected chi connectivity index (χ3v) is 1.14. The lowest BCUT2D eigenvalue weighted by atomic mass is 10.1. The van der Waals surface area contributed by atoms with E-state index in [0.717, 1.165) is 0 Å². The molecule has 0 aromatic rings. The highest BCUT2D eigenvalue weighted by molar-refractivity contribution is 4.96. The monoisotopic (exact) mass is 96.1 g/mol. The number of hydrogen-bond acceptors (Lipinski definition) is 0. The highest BCUT2D eigenvalue weighted by atomic mass is 13.9. The SMILES string of the molecule is C=C=C(C)C(C)C. The van der Waals surface area contributed by atoms with E-state index in [-0.39, 0.29) is 0 Å². The Morgan fingerprint density at radius 1 is 1.57 bits per heavy atom. The van der Waals surface area contributed by atoms with E-state index in [9.17, 15) is 0 Å². The summed E-state index contributed by atoms with van der Waals surface area (Å²) < 4.78 is 0. The van der Waals surface area contributed by atoms with Crippen molar-refractivity contribution in [2.24, 2.45) is 5.92 Å². The molecule has 0 aliphatic rings. The highest BCUT2D eigenvalue weighted by Crippen LogP contribution is 2.03. The fourth-order valence-electron chi connectivity index (χ4n) is 0.204. The van der Waals surface area contributed by atoms with Gasteiger partial charge in [-0.05, 0) is 18.4 Å². The highest BCUT2D eigenvalue weighted by Gasteiger charge is 1.90. The minimum absolute atomic E-state index is 0.609. The standard InChI is InChI=1S/C7H12/c1-5-7(4)6(2)3/h6H,1H2,2-4H3. The molecule has 0 bridgehead atoms. The molecule has 0 nitrogen and oxygen atoms in total. The Kier molecular flexibility index (Phi) is 2.47. The van der Waals surface area contributed by atoms with E-state index in [1.165, 1.54) is 5.57 Å². The fraction of sp³-hybridized carbons (Fsp3) is 0.571. The number of hydrogen-bond donors (Lipinski definition) is 0. The Balaban J connectivity index is 3.81. The van der Waals surface area contributed by atoms with E-state index in [1.807, 2.05) is 6.92 Å². The maximum absolute atomic E-state index is 3.52. The van der Waals surface area contributed by atoms with Gasteiger partial charge in [0.05, 0.1) is 0 Å². The van der Waals surface area contributed by atoms with Crippen LogP contribution in [0.5, 0.6) is 0 Å². The van der Waals surface area contributed by atoms with Gasteiger partial charge < -0.3 is 0 Å². The van der Waals surface area contributed by atoms with Gasteiger partial charge in [-0.3, -0.25) is 0 Å². The van der Waals surface area contributed by atoms with E-state index in [4.69, 9.17) is 0 Å². The molecule has 0 heteroatoms. The summed E-state index contributed by atoms with van der Waals surface area (Å²) in [6.45, 7) is 9.82. The van der Waals surface area contributed by atoms with Crippen molar-refractivity contribution in [1.29, 1.82) is 0 Å². The van der Waals surface area contributed by atoms with Crippen LogP contribution in [-0.4, -0.2) is 0 Å². The van der Waals surface area contributed by atoms with Crippen molar-refractivity contribution in [3.8, 4) is 0 Å². The third kappa shape index (κ3) is 2.24. The summed E-state index contributed by atoms with van der Waals surface area (Å²) in [7, 11) is 0. The Morgan fingerprint density at radius 3 is 2.00 bits per heavy atom. The quantitative estimate of drug-likeness (QED) is 0.440. The summed E-state index contributed by atoms with van der Waals surface area (Å²) in [6.07, 6.45) is 0. The van der Waals surface area contributed by atoms with Crippen LogP contribution in [0.25, 0.3) is 0 Å². The molecule has 7 heavy (non-hydrogen) atoms. The van der Waals surface area contributed by atoms with Crippen molar-refractivity contribution in [2.45, 2.75) is 20.8 Å². The lowest BCUT2D eigenvalue weighted by Crippen LogP contribution is -1.84. The molecule has 0 amide bonds. The molecule has 0 aliphatic heterocycles. The molecule has 0 rings (SSSR count). The maximum Gasteiger partial charge on any atom is -0.0187 e. The van der Waals surface area contributed by atoms with Gasteiger partial charge in [0.15, 0.2) is 0 Å². The first-order valence-corrected chi connectivity index (χ1v) is 2.55. The fourth-order valence-corrected chi connectivity index (χ4v) is 0.204. The first kappa shape index (κ1) is 6.52. The molecule has 0 atom stereocenters. The molecule has 40 valence electrons. The van der Waals surface area contributed by atoms with Crippen molar-refractivity contribution >= 4 is 0 Å². The van der Waals surface area contributed by atoms with E-state index >= 15 is 0 Å². The molecule has 0 saturated heterocycles. The van der Waals surface area contributed by atoms with Crippen LogP contribution in [0, 0.1) is 5.92 Å². The van der Waals surface area contributed by atoms with Crippen molar-refractivity contribution in [3.05, 3.63) is 17.9 Å². The van der Waals surface area contributed by atoms with Gasteiger partial charge in [0.2, 0.25) is 0 Å². The molecule has 0 N–H and O–H groups in total. The molecule has 0 radical (unpaired) electrons. The first-order valence-electron chi connectivity index (χ1n) is 2.55. The zero-order valence-corrected chi connectivity index (χ0v) is 5.28. The Morgan fingerprint density at radius 2 is 2.00 bits per heavy atom. The van der Waals surface area contributed by atoms with Gasteiger partial charge >= 0.3 is 0 Å². The second-order valence-corrected chi connectivity index (χ2v) is 2.01. The van der Waals surface area contributed by atoms with Gasteiger partial charge in [0.25, 0.3) is 0 Å². The van der Waals surface area contributed by atoms with Crippen molar-refractivity contribution < 1.29 is 0 Å². The lowest BCUT2D eigenvalue weighted by molar-refractivity contribution is 0.772. The van der Waals surface area contributed by atoms with Crippen LogP contribution in [0.15, 0.2) is 17.9 Å². The first-order chi connectivity index (χ1) is 3.18. The minimum atomic E-state index is 0.609. The molecular formula is C7H12. The predicted octanol–water partition coefficient (Wildman–Crippen LogP) is 2.37. The number of rotatable bonds is 1. The Labute approximate surface area is 45.5 Å². The zero-order chi connectivity index (χ0) is 5.86. The summed E-state index contributed by atoms with van der Waals surface area (Å²) >= 11 is 0. The Bertz CT molecular complexity index is 92.6. The van der Waals surface area contributed by atoms with Crippen LogP contribution in [0.2, 0.25) is 0 Å². The topological polar surface area (TPSA) is 0 Å². The Hall–Kier alpha value is -0.480. The molecule has 0 aliphatic carbocycles. The molecule has 0 aromatic heterocycles. The summed E-state index contributed by atoms with van der Waals surface area (Å²) in [5.74, 6) is 0.609. The minimum Gasteiger partial charge on any atom is -0.130 e. The van der Waals surface area contributed by atoms with Crippen molar-refractivity contribution in [1.82, 2.24) is 0 Å². The smallest absolute Gasteiger partial charge is 0.0187 e. The lowest BCUT2D eigenvalue weighted by Gasteiger charge is -1.97. The van der Waals surface area contributed by atoms with Gasteiger partial charge in [-0.15, -0.1) is 5.73 Å². The van der Waals surface area contributed by atoms with E-state index < -0.39 is 0 Å². The average Bonchev–Trinajstić information content (AvgIpc) is 1.65. The van der Waals surface area contributed by atoms with Gasteiger partial charge in [-0.2, -0.15) is 0 Å². The zero-order valence-electron chi connectivity index (χ0n) is 5.28. The molecule has 0 aromatic carbocycles. The van der Waals surface area contributed by atoms with Crippen LogP contribution in [0.4, 0.5) is 0 Å². The van der Waals surface area contributed by atoms with Gasteiger partial charge in [0, 0.05) is 0 Å². The number of allylic oxidation sites excluding steroid dienone is 1. The second kappa shape index (κ2) is 2.65. The van der Waals surface area contributed by atoms with E-state index in [1.54, 1.807) is 0 Å². The molecule has 0 saturated carbocycles. The van der Waals surface area contributed by atoms with E-state index in [2.05, 4.69) is 26.2 Å². The van der Waals surface area contributed by atoms with Crippen LogP contribution in [-0.2, 0) is 0 Å². The third-order valence-electron chi connectivity index (χ3n) is 1.14. The summed E-state index contributed by atoms with van der Waals surface area (Å²) in [5, 5.41) is 0. The van der Waals surface area contributed by atoms with Gasteiger partial charge in [-0.1, -0.05) is 20.4 Å². The average molecular weight is 96.2 g/mol. The second-order valence-electron chi connectivity index (χ2n) is 2.01. The summed E-state index contributed by atoms with van der Waals surface area (Å²) in [6, 6.07) is 0. The van der Waals surface area contributed by atoms with Crippen LogP contribution < -0.4 is 0 Å². The largest absolute Gasteiger partial charge is 0.130 e.